The first-order valence-electron chi connectivity index (χ1n) is 7.11. The maximum absolute atomic E-state index is 6.19. The Bertz CT molecular complexity index is 758. The third kappa shape index (κ3) is 2.52. The Kier molecular flexibility index (Phi) is 3.43. The number of hydrogen-bond acceptors (Lipinski definition) is 4. The maximum Gasteiger partial charge on any atom is 0.178 e. The van der Waals surface area contributed by atoms with Gasteiger partial charge in [-0.15, -0.1) is 10.2 Å². The molecule has 0 fully saturated rings. The second-order valence-corrected chi connectivity index (χ2v) is 5.68. The fraction of sp³-hybridized carbons (Fsp3) is 0.312. The standard InChI is InChI=1S/C16H19N5/c1-10(2)15(17)16-19-18-14-9-8-13(20-21(14)16)12-6-4-11(3)5-7-12/h4-10,15H,17H2,1-3H3/t15-/m0/s1. The molecule has 108 valence electrons. The van der Waals surface area contributed by atoms with Gasteiger partial charge in [0.25, 0.3) is 0 Å². The zero-order valence-electron chi connectivity index (χ0n) is 12.5. The molecule has 0 unspecified atom stereocenters. The van der Waals surface area contributed by atoms with Crippen molar-refractivity contribution in [2.75, 3.05) is 0 Å². The van der Waals surface area contributed by atoms with Crippen molar-refractivity contribution in [3.63, 3.8) is 0 Å². The van der Waals surface area contributed by atoms with Gasteiger partial charge in [0.05, 0.1) is 11.7 Å². The van der Waals surface area contributed by atoms with E-state index >= 15 is 0 Å². The predicted octanol–water partition coefficient (Wildman–Crippen LogP) is 2.76. The zero-order valence-corrected chi connectivity index (χ0v) is 12.5. The lowest BCUT2D eigenvalue weighted by Crippen LogP contribution is -2.20. The molecule has 2 aromatic heterocycles. The minimum Gasteiger partial charge on any atom is -0.321 e. The Morgan fingerprint density at radius 2 is 1.71 bits per heavy atom. The van der Waals surface area contributed by atoms with Gasteiger partial charge in [-0.2, -0.15) is 9.61 Å². The second-order valence-electron chi connectivity index (χ2n) is 5.68. The molecule has 2 N–H and O–H groups in total. The van der Waals surface area contributed by atoms with Crippen LogP contribution in [0.25, 0.3) is 16.9 Å². The molecule has 2 heterocycles. The van der Waals surface area contributed by atoms with E-state index in [1.165, 1.54) is 5.56 Å². The Labute approximate surface area is 123 Å². The van der Waals surface area contributed by atoms with Crippen molar-refractivity contribution in [1.82, 2.24) is 19.8 Å². The lowest BCUT2D eigenvalue weighted by molar-refractivity contribution is 0.480. The van der Waals surface area contributed by atoms with Crippen molar-refractivity contribution in [2.24, 2.45) is 11.7 Å². The Morgan fingerprint density at radius 1 is 1.00 bits per heavy atom. The van der Waals surface area contributed by atoms with E-state index in [1.807, 2.05) is 12.1 Å². The number of nitrogens with zero attached hydrogens (tertiary/aromatic N) is 4. The fourth-order valence-corrected chi connectivity index (χ4v) is 2.19. The maximum atomic E-state index is 6.19. The van der Waals surface area contributed by atoms with E-state index in [4.69, 9.17) is 5.73 Å². The molecule has 1 atom stereocenters. The van der Waals surface area contributed by atoms with E-state index < -0.39 is 0 Å². The third-order valence-corrected chi connectivity index (χ3v) is 3.65. The van der Waals surface area contributed by atoms with E-state index in [0.29, 0.717) is 5.82 Å². The molecule has 5 heteroatoms. The van der Waals surface area contributed by atoms with Crippen molar-refractivity contribution in [3.8, 4) is 11.3 Å². The molecule has 5 nitrogen and oxygen atoms in total. The minimum atomic E-state index is -0.180. The van der Waals surface area contributed by atoms with E-state index in [-0.39, 0.29) is 12.0 Å². The van der Waals surface area contributed by atoms with Gasteiger partial charge in [-0.1, -0.05) is 43.7 Å². The van der Waals surface area contributed by atoms with Crippen LogP contribution in [0.1, 0.15) is 31.3 Å². The molecule has 3 rings (SSSR count). The van der Waals surface area contributed by atoms with Crippen molar-refractivity contribution in [1.29, 1.82) is 0 Å². The van der Waals surface area contributed by atoms with Crippen molar-refractivity contribution >= 4 is 5.65 Å². The predicted molar refractivity (Wildman–Crippen MR) is 82.7 cm³/mol. The zero-order chi connectivity index (χ0) is 15.0. The molecule has 0 saturated carbocycles. The Balaban J connectivity index is 2.10. The summed E-state index contributed by atoms with van der Waals surface area (Å²) in [6, 6.07) is 12.0. The van der Waals surface area contributed by atoms with Crippen LogP contribution >= 0.6 is 0 Å². The largest absolute Gasteiger partial charge is 0.321 e. The number of nitrogens with two attached hydrogens (primary N) is 1. The van der Waals surface area contributed by atoms with Crippen LogP contribution in [-0.2, 0) is 0 Å². The van der Waals surface area contributed by atoms with Crippen LogP contribution in [0.3, 0.4) is 0 Å². The third-order valence-electron chi connectivity index (χ3n) is 3.65. The van der Waals surface area contributed by atoms with Gasteiger partial charge in [0, 0.05) is 5.56 Å². The van der Waals surface area contributed by atoms with Crippen LogP contribution in [0.5, 0.6) is 0 Å². The first-order chi connectivity index (χ1) is 10.1. The van der Waals surface area contributed by atoms with Crippen LogP contribution < -0.4 is 5.73 Å². The summed E-state index contributed by atoms with van der Waals surface area (Å²) < 4.78 is 1.75. The van der Waals surface area contributed by atoms with Crippen LogP contribution in [0.15, 0.2) is 36.4 Å². The summed E-state index contributed by atoms with van der Waals surface area (Å²) >= 11 is 0. The number of benzene rings is 1. The molecule has 0 aliphatic rings. The molecule has 0 spiro atoms. The van der Waals surface area contributed by atoms with Crippen LogP contribution in [0.4, 0.5) is 0 Å². The Morgan fingerprint density at radius 3 is 2.38 bits per heavy atom. The average molecular weight is 281 g/mol. The van der Waals surface area contributed by atoms with Crippen molar-refractivity contribution in [2.45, 2.75) is 26.8 Å². The van der Waals surface area contributed by atoms with Crippen LogP contribution in [0, 0.1) is 12.8 Å². The van der Waals surface area contributed by atoms with Gasteiger partial charge in [-0.05, 0) is 25.0 Å². The summed E-state index contributed by atoms with van der Waals surface area (Å²) in [5, 5.41) is 13.0. The van der Waals surface area contributed by atoms with Gasteiger partial charge in [0.2, 0.25) is 0 Å². The molecular formula is C16H19N5. The van der Waals surface area contributed by atoms with Gasteiger partial charge < -0.3 is 5.73 Å². The van der Waals surface area contributed by atoms with Gasteiger partial charge in [0.1, 0.15) is 0 Å². The monoisotopic (exact) mass is 281 g/mol. The van der Waals surface area contributed by atoms with Crippen molar-refractivity contribution in [3.05, 3.63) is 47.8 Å². The highest BCUT2D eigenvalue weighted by Crippen LogP contribution is 2.21. The Hall–Kier alpha value is -2.27. The van der Waals surface area contributed by atoms with Crippen LogP contribution in [0.2, 0.25) is 0 Å². The average Bonchev–Trinajstić information content (AvgIpc) is 2.90. The van der Waals surface area contributed by atoms with Gasteiger partial charge in [-0.3, -0.25) is 0 Å². The summed E-state index contributed by atoms with van der Waals surface area (Å²) in [4.78, 5) is 0. The second kappa shape index (κ2) is 5.26. The molecule has 21 heavy (non-hydrogen) atoms. The summed E-state index contributed by atoms with van der Waals surface area (Å²) in [6.45, 7) is 6.20. The number of rotatable bonds is 3. The SMILES string of the molecule is Cc1ccc(-c2ccc3nnc([C@@H](N)C(C)C)n3n2)cc1. The summed E-state index contributed by atoms with van der Waals surface area (Å²) in [6.07, 6.45) is 0. The highest BCUT2D eigenvalue weighted by atomic mass is 15.4. The van der Waals surface area contributed by atoms with E-state index in [0.717, 1.165) is 16.9 Å². The quantitative estimate of drug-likeness (QED) is 0.801. The van der Waals surface area contributed by atoms with Gasteiger partial charge in [-0.25, -0.2) is 0 Å². The first-order valence-corrected chi connectivity index (χ1v) is 7.11. The van der Waals surface area contributed by atoms with Gasteiger partial charge >= 0.3 is 0 Å². The normalized spacial score (nSPS) is 13.0. The molecule has 0 saturated heterocycles. The molecule has 3 aromatic rings. The lowest BCUT2D eigenvalue weighted by Gasteiger charge is -2.13. The summed E-state index contributed by atoms with van der Waals surface area (Å²) in [5.41, 5.74) is 10.1. The molecule has 0 bridgehead atoms. The topological polar surface area (TPSA) is 69.1 Å². The lowest BCUT2D eigenvalue weighted by atomic mass is 10.1. The van der Waals surface area contributed by atoms with Gasteiger partial charge in [0.15, 0.2) is 11.5 Å². The number of fused-ring (bicyclic) bond motifs is 1. The molecule has 0 aliphatic carbocycles. The summed E-state index contributed by atoms with van der Waals surface area (Å²) in [7, 11) is 0. The highest BCUT2D eigenvalue weighted by molar-refractivity contribution is 5.60. The van der Waals surface area contributed by atoms with Crippen LogP contribution in [-0.4, -0.2) is 19.8 Å². The highest BCUT2D eigenvalue weighted by Gasteiger charge is 2.18. The van der Waals surface area contributed by atoms with E-state index in [9.17, 15) is 0 Å². The molecule has 0 aliphatic heterocycles. The molecule has 1 aromatic carbocycles. The van der Waals surface area contributed by atoms with E-state index in [1.54, 1.807) is 4.52 Å². The number of aryl methyl sites for hydroxylation is 1. The van der Waals surface area contributed by atoms with Crippen molar-refractivity contribution < 1.29 is 0 Å². The number of hydrogen-bond donors (Lipinski definition) is 1. The molecular weight excluding hydrogens is 262 g/mol. The minimum absolute atomic E-state index is 0.180. The fourth-order valence-electron chi connectivity index (χ4n) is 2.19. The number of aromatic nitrogens is 4. The smallest absolute Gasteiger partial charge is 0.178 e. The van der Waals surface area contributed by atoms with E-state index in [2.05, 4.69) is 60.3 Å². The molecule has 0 radical (unpaired) electrons. The molecule has 0 amide bonds. The summed E-state index contributed by atoms with van der Waals surface area (Å²) in [5.74, 6) is 0.983. The first kappa shape index (κ1) is 13.7.